The minimum Gasteiger partial charge on any atom is -0.494 e. The largest absolute Gasteiger partial charge is 0.494 e. The summed E-state index contributed by atoms with van der Waals surface area (Å²) >= 11 is 0. The van der Waals surface area contributed by atoms with Gasteiger partial charge in [-0.3, -0.25) is 0 Å². The van der Waals surface area contributed by atoms with Gasteiger partial charge in [0.15, 0.2) is 0 Å². The lowest BCUT2D eigenvalue weighted by Crippen LogP contribution is -2.15. The third-order valence-electron chi connectivity index (χ3n) is 5.29. The van der Waals surface area contributed by atoms with Crippen molar-refractivity contribution in [1.82, 2.24) is 15.1 Å². The third kappa shape index (κ3) is 8.54. The molecule has 5 heteroatoms. The molecule has 0 aliphatic rings. The highest BCUT2D eigenvalue weighted by atomic mass is 16.5. The first-order valence-electron chi connectivity index (χ1n) is 11.4. The van der Waals surface area contributed by atoms with Gasteiger partial charge in [-0.2, -0.15) is 0 Å². The summed E-state index contributed by atoms with van der Waals surface area (Å²) < 4.78 is 11.6. The summed E-state index contributed by atoms with van der Waals surface area (Å²) in [5.41, 5.74) is 2.37. The molecule has 0 fully saturated rings. The van der Waals surface area contributed by atoms with Crippen molar-refractivity contribution in [2.45, 2.75) is 51.4 Å². The van der Waals surface area contributed by atoms with Gasteiger partial charge in [-0.25, -0.2) is 0 Å². The van der Waals surface area contributed by atoms with Gasteiger partial charge in [-0.05, 0) is 69.6 Å². The Morgan fingerprint density at radius 3 is 2.23 bits per heavy atom. The third-order valence-corrected chi connectivity index (χ3v) is 5.29. The van der Waals surface area contributed by atoms with Crippen molar-refractivity contribution in [1.29, 1.82) is 0 Å². The predicted molar refractivity (Wildman–Crippen MR) is 125 cm³/mol. The van der Waals surface area contributed by atoms with Crippen molar-refractivity contribution in [3.8, 4) is 17.2 Å². The fourth-order valence-electron chi connectivity index (χ4n) is 3.52. The summed E-state index contributed by atoms with van der Waals surface area (Å²) in [5, 5.41) is 8.42. The second-order valence-electron chi connectivity index (χ2n) is 8.28. The Hall–Kier alpha value is -2.66. The first kappa shape index (κ1) is 23.0. The van der Waals surface area contributed by atoms with Gasteiger partial charge in [0.25, 0.3) is 0 Å². The van der Waals surface area contributed by atoms with E-state index in [2.05, 4.69) is 59.5 Å². The van der Waals surface area contributed by atoms with E-state index in [0.29, 0.717) is 12.5 Å². The number of nitrogens with zero attached hydrogens (tertiary/aromatic N) is 3. The van der Waals surface area contributed by atoms with Gasteiger partial charge in [-0.1, -0.05) is 49.6 Å². The Bertz CT molecular complexity index is 860. The molecule has 31 heavy (non-hydrogen) atoms. The molecule has 0 aliphatic heterocycles. The van der Waals surface area contributed by atoms with E-state index in [0.717, 1.165) is 43.0 Å². The Kier molecular flexibility index (Phi) is 9.58. The van der Waals surface area contributed by atoms with Crippen LogP contribution >= 0.6 is 0 Å². The number of aromatic nitrogens is 2. The van der Waals surface area contributed by atoms with Gasteiger partial charge in [0, 0.05) is 18.5 Å². The van der Waals surface area contributed by atoms with Gasteiger partial charge in [0.2, 0.25) is 11.8 Å². The minimum absolute atomic E-state index is 0.581. The summed E-state index contributed by atoms with van der Waals surface area (Å²) in [6, 6.07) is 18.6. The highest BCUT2D eigenvalue weighted by Crippen LogP contribution is 2.22. The van der Waals surface area contributed by atoms with Crippen molar-refractivity contribution in [3.05, 3.63) is 66.1 Å². The molecular weight excluding hydrogens is 386 g/mol. The molecule has 0 unspecified atom stereocenters. The molecule has 0 radical (unpaired) electrons. The number of hydrogen-bond acceptors (Lipinski definition) is 5. The van der Waals surface area contributed by atoms with Gasteiger partial charge in [0.05, 0.1) is 6.61 Å². The maximum Gasteiger partial charge on any atom is 0.247 e. The number of aryl methyl sites for hydroxylation is 2. The molecule has 3 rings (SSSR count). The average Bonchev–Trinajstić information content (AvgIpc) is 3.26. The lowest BCUT2D eigenvalue weighted by atomic mass is 10.1. The van der Waals surface area contributed by atoms with Gasteiger partial charge < -0.3 is 14.1 Å². The molecule has 2 aromatic carbocycles. The summed E-state index contributed by atoms with van der Waals surface area (Å²) in [5.74, 6) is 2.18. The molecule has 0 spiro atoms. The van der Waals surface area contributed by atoms with Crippen molar-refractivity contribution in [2.75, 3.05) is 27.2 Å². The summed E-state index contributed by atoms with van der Waals surface area (Å²) in [6.07, 6.45) is 9.10. The molecule has 3 aromatic rings. The monoisotopic (exact) mass is 421 g/mol. The van der Waals surface area contributed by atoms with Crippen LogP contribution in [0.1, 0.15) is 50.0 Å². The first-order chi connectivity index (χ1) is 15.2. The number of unbranched alkanes of at least 4 members (excludes halogenated alkanes) is 4. The van der Waals surface area contributed by atoms with Crippen molar-refractivity contribution in [3.63, 3.8) is 0 Å². The van der Waals surface area contributed by atoms with Gasteiger partial charge in [-0.15, -0.1) is 10.2 Å². The Morgan fingerprint density at radius 1 is 0.774 bits per heavy atom. The molecule has 5 nitrogen and oxygen atoms in total. The maximum atomic E-state index is 5.85. The van der Waals surface area contributed by atoms with Crippen LogP contribution in [0.4, 0.5) is 0 Å². The molecule has 1 aromatic heterocycles. The van der Waals surface area contributed by atoms with Crippen LogP contribution in [0.15, 0.2) is 59.0 Å². The molecule has 0 amide bonds. The van der Waals surface area contributed by atoms with Crippen LogP contribution in [0, 0.1) is 0 Å². The lowest BCUT2D eigenvalue weighted by Gasteiger charge is -2.10. The first-order valence-corrected chi connectivity index (χ1v) is 11.4. The van der Waals surface area contributed by atoms with E-state index in [1.54, 1.807) is 0 Å². The Balaban J connectivity index is 1.31. The molecular formula is C26H35N3O2. The van der Waals surface area contributed by atoms with Crippen LogP contribution in [-0.4, -0.2) is 42.3 Å². The standard InChI is InChI=1S/C26H35N3O2/c1-29(2)20-11-21-30-24-18-16-23(17-19-24)26-28-27-25(31-26)15-10-5-3-4-7-12-22-13-8-6-9-14-22/h6,8-9,13-14,16-19H,3-5,7,10-12,15,20-21H2,1-2H3. The smallest absolute Gasteiger partial charge is 0.247 e. The molecule has 0 N–H and O–H groups in total. The number of benzene rings is 2. The average molecular weight is 422 g/mol. The minimum atomic E-state index is 0.581. The van der Waals surface area contributed by atoms with Crippen LogP contribution in [-0.2, 0) is 12.8 Å². The van der Waals surface area contributed by atoms with Gasteiger partial charge in [0.1, 0.15) is 5.75 Å². The molecule has 0 saturated heterocycles. The summed E-state index contributed by atoms with van der Waals surface area (Å²) in [4.78, 5) is 2.16. The van der Waals surface area contributed by atoms with Crippen LogP contribution < -0.4 is 4.74 Å². The molecule has 0 bridgehead atoms. The van der Waals surface area contributed by atoms with Crippen molar-refractivity contribution in [2.24, 2.45) is 0 Å². The molecule has 0 saturated carbocycles. The summed E-state index contributed by atoms with van der Waals surface area (Å²) in [6.45, 7) is 1.74. The van der Waals surface area contributed by atoms with Crippen LogP contribution in [0.25, 0.3) is 11.5 Å². The van der Waals surface area contributed by atoms with E-state index in [1.165, 1.54) is 37.7 Å². The summed E-state index contributed by atoms with van der Waals surface area (Å²) in [7, 11) is 4.14. The normalized spacial score (nSPS) is 11.2. The highest BCUT2D eigenvalue weighted by Gasteiger charge is 2.08. The quantitative estimate of drug-likeness (QED) is 0.308. The number of ether oxygens (including phenoxy) is 1. The molecule has 1 heterocycles. The van der Waals surface area contributed by atoms with E-state index >= 15 is 0 Å². The molecule has 0 atom stereocenters. The van der Waals surface area contributed by atoms with Crippen LogP contribution in [0.2, 0.25) is 0 Å². The second-order valence-corrected chi connectivity index (χ2v) is 8.28. The predicted octanol–water partition coefficient (Wildman–Crippen LogP) is 5.80. The van der Waals surface area contributed by atoms with E-state index in [-0.39, 0.29) is 0 Å². The van der Waals surface area contributed by atoms with Crippen LogP contribution in [0.3, 0.4) is 0 Å². The van der Waals surface area contributed by atoms with Crippen molar-refractivity contribution < 1.29 is 9.15 Å². The Labute approximate surface area is 186 Å². The Morgan fingerprint density at radius 2 is 1.48 bits per heavy atom. The van der Waals surface area contributed by atoms with E-state index in [9.17, 15) is 0 Å². The van der Waals surface area contributed by atoms with E-state index in [1.807, 2.05) is 24.3 Å². The molecule has 166 valence electrons. The SMILES string of the molecule is CN(C)CCCOc1ccc(-c2nnc(CCCCCCCc3ccccc3)o2)cc1. The maximum absolute atomic E-state index is 5.85. The number of rotatable bonds is 14. The fraction of sp³-hybridized carbons (Fsp3) is 0.462. The molecule has 0 aliphatic carbocycles. The zero-order valence-electron chi connectivity index (χ0n) is 18.9. The van der Waals surface area contributed by atoms with E-state index < -0.39 is 0 Å². The van der Waals surface area contributed by atoms with Crippen LogP contribution in [0.5, 0.6) is 5.75 Å². The second kappa shape index (κ2) is 12.9. The fourth-order valence-corrected chi connectivity index (χ4v) is 3.52. The van der Waals surface area contributed by atoms with Crippen molar-refractivity contribution >= 4 is 0 Å². The topological polar surface area (TPSA) is 51.4 Å². The van der Waals surface area contributed by atoms with Gasteiger partial charge >= 0.3 is 0 Å². The zero-order chi connectivity index (χ0) is 21.7. The highest BCUT2D eigenvalue weighted by molar-refractivity contribution is 5.53. The number of hydrogen-bond donors (Lipinski definition) is 0. The van der Waals surface area contributed by atoms with E-state index in [4.69, 9.17) is 9.15 Å². The zero-order valence-corrected chi connectivity index (χ0v) is 18.9. The lowest BCUT2D eigenvalue weighted by molar-refractivity contribution is 0.281.